The van der Waals surface area contributed by atoms with Crippen LogP contribution in [0, 0.1) is 5.92 Å². The highest BCUT2D eigenvalue weighted by molar-refractivity contribution is 5.97. The molecule has 0 saturated carbocycles. The number of hydrogen-bond acceptors (Lipinski definition) is 5. The molecule has 1 saturated heterocycles. The van der Waals surface area contributed by atoms with E-state index in [1.54, 1.807) is 49.9 Å². The molecule has 9 heteroatoms. The van der Waals surface area contributed by atoms with E-state index in [0.29, 0.717) is 18.8 Å². The lowest BCUT2D eigenvalue weighted by molar-refractivity contribution is -0.128. The van der Waals surface area contributed by atoms with Crippen molar-refractivity contribution in [2.75, 3.05) is 18.4 Å². The molecule has 35 heavy (non-hydrogen) atoms. The predicted molar refractivity (Wildman–Crippen MR) is 131 cm³/mol. The van der Waals surface area contributed by atoms with Crippen molar-refractivity contribution in [1.82, 2.24) is 15.5 Å². The first-order valence-electron chi connectivity index (χ1n) is 11.5. The minimum atomic E-state index is -0.653. The maximum absolute atomic E-state index is 12.7. The van der Waals surface area contributed by atoms with Gasteiger partial charge in [0, 0.05) is 31.7 Å². The molecule has 0 aliphatic carbocycles. The number of amides is 4. The van der Waals surface area contributed by atoms with Crippen LogP contribution in [0.25, 0.3) is 0 Å². The largest absolute Gasteiger partial charge is 0.444 e. The Morgan fingerprint density at radius 2 is 1.66 bits per heavy atom. The third-order valence-electron chi connectivity index (χ3n) is 5.30. The summed E-state index contributed by atoms with van der Waals surface area (Å²) in [4.78, 5) is 50.3. The number of nitrogens with one attached hydrogen (secondary N) is 3. The maximum atomic E-state index is 12.7. The van der Waals surface area contributed by atoms with Crippen LogP contribution >= 0.6 is 0 Å². The zero-order valence-electron chi connectivity index (χ0n) is 20.3. The molecule has 186 valence electrons. The van der Waals surface area contributed by atoms with Crippen LogP contribution in [0.15, 0.2) is 54.6 Å². The zero-order chi connectivity index (χ0) is 25.4. The molecule has 3 rings (SSSR count). The van der Waals surface area contributed by atoms with Gasteiger partial charge in [-0.05, 0) is 44.0 Å². The molecular formula is C26H32N4O5. The Balaban J connectivity index is 1.41. The number of benzene rings is 2. The summed E-state index contributed by atoms with van der Waals surface area (Å²) in [5.41, 5.74) is 1.85. The summed E-state index contributed by atoms with van der Waals surface area (Å²) in [5.74, 6) is -0.966. The quantitative estimate of drug-likeness (QED) is 0.537. The molecule has 2 aromatic rings. The van der Waals surface area contributed by atoms with Crippen LogP contribution in [0.5, 0.6) is 0 Å². The van der Waals surface area contributed by atoms with E-state index in [-0.39, 0.29) is 37.2 Å². The second-order valence-electron chi connectivity index (χ2n) is 9.48. The van der Waals surface area contributed by atoms with E-state index in [0.717, 1.165) is 11.1 Å². The highest BCUT2D eigenvalue weighted by Crippen LogP contribution is 2.22. The summed E-state index contributed by atoms with van der Waals surface area (Å²) >= 11 is 0. The lowest BCUT2D eigenvalue weighted by atomic mass is 10.1. The van der Waals surface area contributed by atoms with Gasteiger partial charge in [0.25, 0.3) is 0 Å². The van der Waals surface area contributed by atoms with E-state index in [1.807, 2.05) is 30.3 Å². The summed E-state index contributed by atoms with van der Waals surface area (Å²) in [6.07, 6.45) is -0.458. The topological polar surface area (TPSA) is 117 Å². The third kappa shape index (κ3) is 8.44. The summed E-state index contributed by atoms with van der Waals surface area (Å²) in [6.45, 7) is 6.20. The van der Waals surface area contributed by atoms with Crippen LogP contribution in [0.4, 0.5) is 10.5 Å². The summed E-state index contributed by atoms with van der Waals surface area (Å²) < 4.78 is 5.09. The van der Waals surface area contributed by atoms with Gasteiger partial charge in [0.2, 0.25) is 17.7 Å². The van der Waals surface area contributed by atoms with E-state index in [4.69, 9.17) is 4.74 Å². The standard InChI is InChI=1S/C26H32N4O5/c1-26(2,3)35-25(34)28-15-22(31)27-14-18-9-11-21(12-10-18)29-24(33)20-13-23(32)30(17-20)16-19-7-5-4-6-8-19/h4-12,20H,13-17H2,1-3H3,(H,27,31)(H,28,34)(H,29,33). The molecular weight excluding hydrogens is 448 g/mol. The van der Waals surface area contributed by atoms with Crippen LogP contribution < -0.4 is 16.0 Å². The van der Waals surface area contributed by atoms with Crippen molar-refractivity contribution in [2.45, 2.75) is 45.9 Å². The van der Waals surface area contributed by atoms with Crippen LogP contribution in [0.1, 0.15) is 38.3 Å². The molecule has 0 aromatic heterocycles. The molecule has 9 nitrogen and oxygen atoms in total. The Kier molecular flexibility index (Phi) is 8.46. The predicted octanol–water partition coefficient (Wildman–Crippen LogP) is 2.81. The SMILES string of the molecule is CC(C)(C)OC(=O)NCC(=O)NCc1ccc(NC(=O)C2CC(=O)N(Cc3ccccc3)C2)cc1. The number of ether oxygens (including phenoxy) is 1. The van der Waals surface area contributed by atoms with Crippen molar-refractivity contribution in [3.8, 4) is 0 Å². The van der Waals surface area contributed by atoms with E-state index >= 15 is 0 Å². The van der Waals surface area contributed by atoms with Gasteiger partial charge >= 0.3 is 6.09 Å². The zero-order valence-corrected chi connectivity index (χ0v) is 20.3. The van der Waals surface area contributed by atoms with Gasteiger partial charge < -0.3 is 25.6 Å². The molecule has 1 fully saturated rings. The number of carbonyl (C=O) groups excluding carboxylic acids is 4. The van der Waals surface area contributed by atoms with Crippen molar-refractivity contribution < 1.29 is 23.9 Å². The molecule has 3 N–H and O–H groups in total. The number of alkyl carbamates (subject to hydrolysis) is 1. The molecule has 0 bridgehead atoms. The Morgan fingerprint density at radius 1 is 0.971 bits per heavy atom. The van der Waals surface area contributed by atoms with Crippen LogP contribution in [0.2, 0.25) is 0 Å². The molecule has 1 aliphatic rings. The van der Waals surface area contributed by atoms with Crippen molar-refractivity contribution in [3.63, 3.8) is 0 Å². The van der Waals surface area contributed by atoms with Crippen LogP contribution in [-0.2, 0) is 32.2 Å². The number of nitrogens with zero attached hydrogens (tertiary/aromatic N) is 1. The second kappa shape index (κ2) is 11.5. The van der Waals surface area contributed by atoms with Gasteiger partial charge in [0.05, 0.1) is 5.92 Å². The highest BCUT2D eigenvalue weighted by Gasteiger charge is 2.34. The molecule has 1 heterocycles. The summed E-state index contributed by atoms with van der Waals surface area (Å²) in [5, 5.41) is 7.98. The Labute approximate surface area is 205 Å². The monoisotopic (exact) mass is 480 g/mol. The lowest BCUT2D eigenvalue weighted by Gasteiger charge is -2.19. The minimum absolute atomic E-state index is 0.0266. The lowest BCUT2D eigenvalue weighted by Crippen LogP contribution is -2.39. The third-order valence-corrected chi connectivity index (χ3v) is 5.30. The second-order valence-corrected chi connectivity index (χ2v) is 9.48. The molecule has 1 atom stereocenters. The van der Waals surface area contributed by atoms with Gasteiger partial charge in [0.1, 0.15) is 12.1 Å². The van der Waals surface area contributed by atoms with E-state index < -0.39 is 17.6 Å². The highest BCUT2D eigenvalue weighted by atomic mass is 16.6. The van der Waals surface area contributed by atoms with Crippen molar-refractivity contribution in [2.24, 2.45) is 5.92 Å². The smallest absolute Gasteiger partial charge is 0.408 e. The van der Waals surface area contributed by atoms with Crippen molar-refractivity contribution in [3.05, 3.63) is 65.7 Å². The molecule has 0 spiro atoms. The first-order chi connectivity index (χ1) is 16.6. The van der Waals surface area contributed by atoms with Gasteiger partial charge in [-0.15, -0.1) is 0 Å². The molecule has 4 amide bonds. The normalized spacial score (nSPS) is 15.5. The Bertz CT molecular complexity index is 1050. The average Bonchev–Trinajstić information content (AvgIpc) is 3.17. The molecule has 0 radical (unpaired) electrons. The molecule has 1 aliphatic heterocycles. The van der Waals surface area contributed by atoms with E-state index in [9.17, 15) is 19.2 Å². The number of carbonyl (C=O) groups is 4. The molecule has 2 aromatic carbocycles. The number of rotatable bonds is 8. The summed E-state index contributed by atoms with van der Waals surface area (Å²) in [7, 11) is 0. The number of hydrogen-bond donors (Lipinski definition) is 3. The van der Waals surface area contributed by atoms with Crippen molar-refractivity contribution in [1.29, 1.82) is 0 Å². The van der Waals surface area contributed by atoms with Gasteiger partial charge in [0.15, 0.2) is 0 Å². The van der Waals surface area contributed by atoms with Gasteiger partial charge in [-0.1, -0.05) is 42.5 Å². The fourth-order valence-corrected chi connectivity index (χ4v) is 3.58. The Morgan fingerprint density at radius 3 is 2.31 bits per heavy atom. The average molecular weight is 481 g/mol. The Hall–Kier alpha value is -3.88. The van der Waals surface area contributed by atoms with E-state index in [2.05, 4.69) is 16.0 Å². The molecule has 1 unspecified atom stereocenters. The van der Waals surface area contributed by atoms with Gasteiger partial charge in [-0.25, -0.2) is 4.79 Å². The van der Waals surface area contributed by atoms with Crippen LogP contribution in [-0.4, -0.2) is 47.4 Å². The van der Waals surface area contributed by atoms with E-state index in [1.165, 1.54) is 0 Å². The minimum Gasteiger partial charge on any atom is -0.444 e. The fourth-order valence-electron chi connectivity index (χ4n) is 3.58. The fraction of sp³-hybridized carbons (Fsp3) is 0.385. The van der Waals surface area contributed by atoms with Gasteiger partial charge in [-0.2, -0.15) is 0 Å². The summed E-state index contributed by atoms with van der Waals surface area (Å²) in [6, 6.07) is 16.8. The first-order valence-corrected chi connectivity index (χ1v) is 11.5. The maximum Gasteiger partial charge on any atom is 0.408 e. The number of likely N-dealkylation sites (tertiary alicyclic amines) is 1. The number of anilines is 1. The van der Waals surface area contributed by atoms with Crippen LogP contribution in [0.3, 0.4) is 0 Å². The van der Waals surface area contributed by atoms with Crippen molar-refractivity contribution >= 4 is 29.5 Å². The first kappa shape index (κ1) is 25.7. The van der Waals surface area contributed by atoms with Gasteiger partial charge in [-0.3, -0.25) is 14.4 Å².